The average Bonchev–Trinajstić information content (AvgIpc) is 2.76. The largest absolute Gasteiger partial charge is 0.352 e. The number of hydrogen-bond acceptors (Lipinski definition) is 3. The van der Waals surface area contributed by atoms with Gasteiger partial charge in [-0.25, -0.2) is 0 Å². The van der Waals surface area contributed by atoms with E-state index in [1.165, 1.54) is 11.3 Å². The number of pyridine rings is 1. The van der Waals surface area contributed by atoms with E-state index in [0.29, 0.717) is 14.5 Å². The third-order valence-electron chi connectivity index (χ3n) is 2.43. The summed E-state index contributed by atoms with van der Waals surface area (Å²) in [6, 6.07) is 7.08. The Hall–Kier alpha value is -1.17. The van der Waals surface area contributed by atoms with Gasteiger partial charge >= 0.3 is 0 Å². The number of halogens is 1. The molecule has 3 nitrogen and oxygen atoms in total. The number of rotatable bonds is 3. The van der Waals surface area contributed by atoms with E-state index in [2.05, 4.69) is 10.3 Å². The first-order valence-corrected chi connectivity index (χ1v) is 6.92. The summed E-state index contributed by atoms with van der Waals surface area (Å²) in [4.78, 5) is 15.9. The molecule has 0 unspecified atom stereocenters. The Morgan fingerprint density at radius 1 is 1.50 bits per heavy atom. The van der Waals surface area contributed by atoms with Gasteiger partial charge in [0.1, 0.15) is 4.64 Å². The van der Waals surface area contributed by atoms with Crippen LogP contribution < -0.4 is 5.32 Å². The number of aromatic amines is 1. The van der Waals surface area contributed by atoms with E-state index < -0.39 is 0 Å². The number of hydrogen-bond donors (Lipinski definition) is 2. The van der Waals surface area contributed by atoms with E-state index in [4.69, 9.17) is 23.8 Å². The Bertz CT molecular complexity index is 620. The molecule has 2 rings (SSSR count). The zero-order valence-electron chi connectivity index (χ0n) is 9.57. The van der Waals surface area contributed by atoms with Crippen LogP contribution in [0.1, 0.15) is 28.2 Å². The average molecular weight is 299 g/mol. The molecule has 0 bridgehead atoms. The molecule has 2 heterocycles. The maximum absolute atomic E-state index is 12.0. The monoisotopic (exact) mass is 298 g/mol. The lowest BCUT2D eigenvalue weighted by Gasteiger charge is -2.12. The van der Waals surface area contributed by atoms with Crippen molar-refractivity contribution in [3.8, 4) is 0 Å². The van der Waals surface area contributed by atoms with Gasteiger partial charge < -0.3 is 10.3 Å². The molecule has 0 aliphatic heterocycles. The van der Waals surface area contributed by atoms with Gasteiger partial charge in [-0.1, -0.05) is 23.8 Å². The first-order chi connectivity index (χ1) is 8.58. The Morgan fingerprint density at radius 3 is 2.89 bits per heavy atom. The van der Waals surface area contributed by atoms with E-state index in [-0.39, 0.29) is 11.9 Å². The summed E-state index contributed by atoms with van der Waals surface area (Å²) >= 11 is 12.4. The van der Waals surface area contributed by atoms with Crippen LogP contribution in [-0.4, -0.2) is 10.9 Å². The Balaban J connectivity index is 2.13. The van der Waals surface area contributed by atoms with Crippen LogP contribution >= 0.6 is 35.2 Å². The summed E-state index contributed by atoms with van der Waals surface area (Å²) in [5.74, 6) is -0.186. The van der Waals surface area contributed by atoms with E-state index in [1.807, 2.05) is 19.1 Å². The standard InChI is InChI=1S/C12H11ClN2OS2/c1-7(9-4-5-10(13)18-9)15-11(16)8-3-2-6-14-12(8)17/h2-7H,1H3,(H,14,17)(H,15,16)/t7-/m0/s1. The molecule has 1 amide bonds. The lowest BCUT2D eigenvalue weighted by atomic mass is 10.2. The van der Waals surface area contributed by atoms with Crippen molar-refractivity contribution in [1.29, 1.82) is 0 Å². The molecular formula is C12H11ClN2OS2. The second-order valence-corrected chi connectivity index (χ2v) is 5.90. The molecule has 6 heteroatoms. The second kappa shape index (κ2) is 5.65. The fourth-order valence-corrected chi connectivity index (χ4v) is 2.80. The Labute approximate surface area is 119 Å². The van der Waals surface area contributed by atoms with Crippen molar-refractivity contribution in [2.45, 2.75) is 13.0 Å². The topological polar surface area (TPSA) is 44.9 Å². The predicted octanol–water partition coefficient (Wildman–Crippen LogP) is 3.95. The maximum atomic E-state index is 12.0. The minimum absolute atomic E-state index is 0.0930. The van der Waals surface area contributed by atoms with E-state index in [9.17, 15) is 4.79 Å². The predicted molar refractivity (Wildman–Crippen MR) is 76.8 cm³/mol. The summed E-state index contributed by atoms with van der Waals surface area (Å²) < 4.78 is 1.15. The van der Waals surface area contributed by atoms with Gasteiger partial charge in [0.05, 0.1) is 15.9 Å². The SMILES string of the molecule is C[C@H](NC(=O)c1ccc[nH]c1=S)c1ccc(Cl)s1. The Morgan fingerprint density at radius 2 is 2.28 bits per heavy atom. The first kappa shape index (κ1) is 13.3. The van der Waals surface area contributed by atoms with Crippen molar-refractivity contribution in [3.05, 3.63) is 49.9 Å². The van der Waals surface area contributed by atoms with Crippen molar-refractivity contribution in [2.75, 3.05) is 0 Å². The van der Waals surface area contributed by atoms with Crippen LogP contribution in [0.4, 0.5) is 0 Å². The maximum Gasteiger partial charge on any atom is 0.254 e. The molecule has 0 radical (unpaired) electrons. The van der Waals surface area contributed by atoms with Crippen molar-refractivity contribution in [1.82, 2.24) is 10.3 Å². The quantitative estimate of drug-likeness (QED) is 0.843. The van der Waals surface area contributed by atoms with Crippen molar-refractivity contribution in [2.24, 2.45) is 0 Å². The molecule has 2 aromatic heterocycles. The van der Waals surface area contributed by atoms with Crippen LogP contribution in [0.15, 0.2) is 30.5 Å². The molecule has 0 aliphatic carbocycles. The molecule has 0 aromatic carbocycles. The number of carbonyl (C=O) groups is 1. The number of thiophene rings is 1. The molecule has 0 spiro atoms. The van der Waals surface area contributed by atoms with Gasteiger partial charge in [-0.05, 0) is 31.2 Å². The van der Waals surface area contributed by atoms with Crippen LogP contribution in [0, 0.1) is 4.64 Å². The van der Waals surface area contributed by atoms with Crippen molar-refractivity contribution >= 4 is 41.1 Å². The van der Waals surface area contributed by atoms with Crippen LogP contribution in [0.5, 0.6) is 0 Å². The molecule has 1 atom stereocenters. The number of carbonyl (C=O) groups excluding carboxylic acids is 1. The van der Waals surface area contributed by atoms with Crippen LogP contribution in [0.2, 0.25) is 4.34 Å². The minimum Gasteiger partial charge on any atom is -0.352 e. The molecule has 0 saturated heterocycles. The molecule has 2 N–H and O–H groups in total. The smallest absolute Gasteiger partial charge is 0.254 e. The summed E-state index contributed by atoms with van der Waals surface area (Å²) in [6.45, 7) is 1.91. The third kappa shape index (κ3) is 2.98. The lowest BCUT2D eigenvalue weighted by Crippen LogP contribution is -2.26. The third-order valence-corrected chi connectivity index (χ3v) is 4.18. The molecule has 0 saturated carbocycles. The van der Waals surface area contributed by atoms with Crippen LogP contribution in [0.3, 0.4) is 0 Å². The van der Waals surface area contributed by atoms with Gasteiger partial charge in [-0.3, -0.25) is 4.79 Å². The van der Waals surface area contributed by atoms with Crippen LogP contribution in [-0.2, 0) is 0 Å². The fraction of sp³-hybridized carbons (Fsp3) is 0.167. The Kier molecular flexibility index (Phi) is 4.16. The molecule has 0 fully saturated rings. The minimum atomic E-state index is -0.186. The normalized spacial score (nSPS) is 12.1. The lowest BCUT2D eigenvalue weighted by molar-refractivity contribution is 0.0939. The van der Waals surface area contributed by atoms with E-state index in [1.54, 1.807) is 18.3 Å². The van der Waals surface area contributed by atoms with Gasteiger partial charge in [0.25, 0.3) is 5.91 Å². The van der Waals surface area contributed by atoms with E-state index in [0.717, 1.165) is 4.88 Å². The van der Waals surface area contributed by atoms with Crippen LogP contribution in [0.25, 0.3) is 0 Å². The van der Waals surface area contributed by atoms with Gasteiger partial charge in [-0.2, -0.15) is 0 Å². The van der Waals surface area contributed by atoms with Gasteiger partial charge in [-0.15, -0.1) is 11.3 Å². The summed E-state index contributed by atoms with van der Waals surface area (Å²) in [5.41, 5.74) is 0.474. The molecule has 0 aliphatic rings. The highest BCUT2D eigenvalue weighted by atomic mass is 35.5. The van der Waals surface area contributed by atoms with Gasteiger partial charge in [0.15, 0.2) is 0 Å². The summed E-state index contributed by atoms with van der Waals surface area (Å²) in [7, 11) is 0. The number of aromatic nitrogens is 1. The highest BCUT2D eigenvalue weighted by Crippen LogP contribution is 2.26. The van der Waals surface area contributed by atoms with Gasteiger partial charge in [0, 0.05) is 11.1 Å². The van der Waals surface area contributed by atoms with Gasteiger partial charge in [0.2, 0.25) is 0 Å². The zero-order valence-corrected chi connectivity index (χ0v) is 12.0. The number of amides is 1. The zero-order chi connectivity index (χ0) is 13.1. The second-order valence-electron chi connectivity index (χ2n) is 3.75. The highest BCUT2D eigenvalue weighted by Gasteiger charge is 2.13. The van der Waals surface area contributed by atoms with Crippen molar-refractivity contribution in [3.63, 3.8) is 0 Å². The molecule has 2 aromatic rings. The molecule has 94 valence electrons. The molecule has 18 heavy (non-hydrogen) atoms. The highest BCUT2D eigenvalue weighted by molar-refractivity contribution is 7.71. The first-order valence-electron chi connectivity index (χ1n) is 5.31. The number of nitrogens with one attached hydrogen (secondary N) is 2. The fourth-order valence-electron chi connectivity index (χ4n) is 1.51. The summed E-state index contributed by atoms with van der Waals surface area (Å²) in [5, 5.41) is 2.89. The number of H-pyrrole nitrogens is 1. The molecular weight excluding hydrogens is 288 g/mol. The summed E-state index contributed by atoms with van der Waals surface area (Å²) in [6.07, 6.45) is 1.70. The van der Waals surface area contributed by atoms with E-state index >= 15 is 0 Å². The van der Waals surface area contributed by atoms with Crippen molar-refractivity contribution < 1.29 is 4.79 Å².